The van der Waals surface area contributed by atoms with Gasteiger partial charge in [0, 0.05) is 10.0 Å². The van der Waals surface area contributed by atoms with Crippen molar-refractivity contribution in [2.75, 3.05) is 4.72 Å². The molecule has 0 heterocycles. The van der Waals surface area contributed by atoms with Crippen LogP contribution in [0.2, 0.25) is 0 Å². The van der Waals surface area contributed by atoms with Gasteiger partial charge < -0.3 is 5.73 Å². The maximum atomic E-state index is 12.2. The molecule has 1 aromatic carbocycles. The third-order valence-corrected chi connectivity index (χ3v) is 5.99. The first-order valence-corrected chi connectivity index (χ1v) is 8.76. The van der Waals surface area contributed by atoms with E-state index in [-0.39, 0.29) is 10.2 Å². The van der Waals surface area contributed by atoms with Crippen molar-refractivity contribution in [3.63, 3.8) is 0 Å². The Hall–Kier alpha value is -0.660. The Labute approximate surface area is 126 Å². The fraction of sp³-hybridized carbons (Fsp3) is 0.417. The van der Waals surface area contributed by atoms with Gasteiger partial charge in [-0.05, 0) is 47.0 Å². The molecule has 0 amide bonds. The molecule has 4 nitrogen and oxygen atoms in total. The SMILES string of the molecule is NC(=S)c1ccc(NS(=O)(=O)C2CCCC2)c(Br)c1. The largest absolute Gasteiger partial charge is 0.389 e. The molecule has 0 bridgehead atoms. The highest BCUT2D eigenvalue weighted by Crippen LogP contribution is 2.29. The standard InChI is InChI=1S/C12H15BrN2O2S2/c13-10-7-8(12(14)18)5-6-11(10)15-19(16,17)9-3-1-2-4-9/h5-7,9,15H,1-4H2,(H2,14,18). The van der Waals surface area contributed by atoms with Crippen LogP contribution in [0.5, 0.6) is 0 Å². The smallest absolute Gasteiger partial charge is 0.235 e. The number of benzene rings is 1. The summed E-state index contributed by atoms with van der Waals surface area (Å²) in [4.78, 5) is 0.283. The van der Waals surface area contributed by atoms with E-state index >= 15 is 0 Å². The van der Waals surface area contributed by atoms with Crippen LogP contribution in [0.4, 0.5) is 5.69 Å². The first-order chi connectivity index (χ1) is 8.90. The van der Waals surface area contributed by atoms with Gasteiger partial charge >= 0.3 is 0 Å². The zero-order valence-electron chi connectivity index (χ0n) is 10.2. The van der Waals surface area contributed by atoms with Gasteiger partial charge in [0.2, 0.25) is 10.0 Å². The Bertz CT molecular complexity index is 596. The summed E-state index contributed by atoms with van der Waals surface area (Å²) < 4.78 is 27.7. The topological polar surface area (TPSA) is 72.2 Å². The fourth-order valence-electron chi connectivity index (χ4n) is 2.19. The van der Waals surface area contributed by atoms with E-state index in [1.54, 1.807) is 18.2 Å². The highest BCUT2D eigenvalue weighted by molar-refractivity contribution is 9.10. The Morgan fingerprint density at radius 2 is 2.00 bits per heavy atom. The van der Waals surface area contributed by atoms with Crippen molar-refractivity contribution in [2.24, 2.45) is 5.73 Å². The van der Waals surface area contributed by atoms with Crippen molar-refractivity contribution in [1.29, 1.82) is 0 Å². The third-order valence-electron chi connectivity index (χ3n) is 3.25. The van der Waals surface area contributed by atoms with Gasteiger partial charge in [0.05, 0.1) is 10.9 Å². The molecule has 0 radical (unpaired) electrons. The van der Waals surface area contributed by atoms with Crippen LogP contribution in [-0.2, 0) is 10.0 Å². The van der Waals surface area contributed by atoms with E-state index in [2.05, 4.69) is 20.7 Å². The lowest BCUT2D eigenvalue weighted by atomic mass is 10.2. The summed E-state index contributed by atoms with van der Waals surface area (Å²) in [6, 6.07) is 5.10. The molecule has 3 N–H and O–H groups in total. The Morgan fingerprint density at radius 3 is 2.53 bits per heavy atom. The van der Waals surface area contributed by atoms with Crippen molar-refractivity contribution in [2.45, 2.75) is 30.9 Å². The number of nitrogens with two attached hydrogens (primary N) is 1. The molecule has 1 saturated carbocycles. The number of hydrogen-bond donors (Lipinski definition) is 2. The summed E-state index contributed by atoms with van der Waals surface area (Å²) in [6.45, 7) is 0. The van der Waals surface area contributed by atoms with Gasteiger partial charge in [-0.25, -0.2) is 8.42 Å². The summed E-state index contributed by atoms with van der Waals surface area (Å²) in [5.74, 6) is 0. The molecule has 0 aliphatic heterocycles. The number of thiocarbonyl (C=S) groups is 1. The van der Waals surface area contributed by atoms with E-state index in [9.17, 15) is 8.42 Å². The van der Waals surface area contributed by atoms with Gasteiger partial charge in [-0.1, -0.05) is 25.1 Å². The van der Waals surface area contributed by atoms with E-state index in [4.69, 9.17) is 18.0 Å². The van der Waals surface area contributed by atoms with Gasteiger partial charge in [-0.3, -0.25) is 4.72 Å². The van der Waals surface area contributed by atoms with E-state index in [0.717, 1.165) is 25.7 Å². The number of anilines is 1. The number of sulfonamides is 1. The van der Waals surface area contributed by atoms with Gasteiger partial charge in [0.15, 0.2) is 0 Å². The minimum atomic E-state index is -3.31. The molecule has 19 heavy (non-hydrogen) atoms. The van der Waals surface area contributed by atoms with Crippen molar-refractivity contribution >= 4 is 48.8 Å². The van der Waals surface area contributed by atoms with Crippen molar-refractivity contribution < 1.29 is 8.42 Å². The molecule has 104 valence electrons. The minimum absolute atomic E-state index is 0.283. The normalized spacial score (nSPS) is 16.5. The Morgan fingerprint density at radius 1 is 1.37 bits per heavy atom. The zero-order chi connectivity index (χ0) is 14.0. The maximum absolute atomic E-state index is 12.2. The first kappa shape index (κ1) is 14.7. The molecule has 0 saturated heterocycles. The summed E-state index contributed by atoms with van der Waals surface area (Å²) in [6.07, 6.45) is 3.43. The lowest BCUT2D eigenvalue weighted by Crippen LogP contribution is -2.25. The highest BCUT2D eigenvalue weighted by atomic mass is 79.9. The average Bonchev–Trinajstić information content (AvgIpc) is 2.85. The van der Waals surface area contributed by atoms with E-state index in [1.807, 2.05) is 0 Å². The molecule has 1 aromatic rings. The van der Waals surface area contributed by atoms with Crippen LogP contribution in [0.3, 0.4) is 0 Å². The lowest BCUT2D eigenvalue weighted by molar-refractivity contribution is 0.585. The molecule has 0 atom stereocenters. The molecule has 0 spiro atoms. The lowest BCUT2D eigenvalue weighted by Gasteiger charge is -2.15. The van der Waals surface area contributed by atoms with Gasteiger partial charge in [0.1, 0.15) is 4.99 Å². The van der Waals surface area contributed by atoms with Crippen LogP contribution in [0.1, 0.15) is 31.2 Å². The quantitative estimate of drug-likeness (QED) is 0.807. The van der Waals surface area contributed by atoms with Gasteiger partial charge in [-0.15, -0.1) is 0 Å². The van der Waals surface area contributed by atoms with E-state index < -0.39 is 10.0 Å². The number of hydrogen-bond acceptors (Lipinski definition) is 3. The van der Waals surface area contributed by atoms with Crippen molar-refractivity contribution in [3.8, 4) is 0 Å². The van der Waals surface area contributed by atoms with E-state index in [0.29, 0.717) is 15.7 Å². The van der Waals surface area contributed by atoms with Gasteiger partial charge in [-0.2, -0.15) is 0 Å². The molecule has 1 aliphatic carbocycles. The van der Waals surface area contributed by atoms with Crippen LogP contribution in [0, 0.1) is 0 Å². The molecular formula is C12H15BrN2O2S2. The second kappa shape index (κ2) is 5.76. The Balaban J connectivity index is 2.21. The monoisotopic (exact) mass is 362 g/mol. The van der Waals surface area contributed by atoms with Crippen LogP contribution >= 0.6 is 28.1 Å². The molecule has 1 aliphatic rings. The molecule has 2 rings (SSSR count). The molecule has 0 unspecified atom stereocenters. The summed E-state index contributed by atoms with van der Waals surface area (Å²) in [5.41, 5.74) is 6.75. The molecular weight excluding hydrogens is 348 g/mol. The number of nitrogens with one attached hydrogen (secondary N) is 1. The van der Waals surface area contributed by atoms with Gasteiger partial charge in [0.25, 0.3) is 0 Å². The fourth-order valence-corrected chi connectivity index (χ4v) is 4.53. The Kier molecular flexibility index (Phi) is 4.47. The van der Waals surface area contributed by atoms with Crippen LogP contribution < -0.4 is 10.5 Å². The summed E-state index contributed by atoms with van der Waals surface area (Å²) >= 11 is 8.21. The highest BCUT2D eigenvalue weighted by Gasteiger charge is 2.29. The summed E-state index contributed by atoms with van der Waals surface area (Å²) in [5, 5.41) is -0.283. The second-order valence-corrected chi connectivity index (χ2v) is 7.87. The number of rotatable bonds is 4. The predicted octanol–water partition coefficient (Wildman–Crippen LogP) is 2.77. The second-order valence-electron chi connectivity index (χ2n) is 4.61. The van der Waals surface area contributed by atoms with E-state index in [1.165, 1.54) is 0 Å². The molecule has 7 heteroatoms. The molecule has 0 aromatic heterocycles. The predicted molar refractivity (Wildman–Crippen MR) is 84.8 cm³/mol. The van der Waals surface area contributed by atoms with Crippen molar-refractivity contribution in [3.05, 3.63) is 28.2 Å². The first-order valence-electron chi connectivity index (χ1n) is 6.01. The average molecular weight is 363 g/mol. The molecule has 1 fully saturated rings. The minimum Gasteiger partial charge on any atom is -0.389 e. The zero-order valence-corrected chi connectivity index (χ0v) is 13.4. The van der Waals surface area contributed by atoms with Crippen LogP contribution in [-0.4, -0.2) is 18.7 Å². The van der Waals surface area contributed by atoms with Crippen molar-refractivity contribution in [1.82, 2.24) is 0 Å². The summed E-state index contributed by atoms with van der Waals surface area (Å²) in [7, 11) is -3.31. The number of halogens is 1. The maximum Gasteiger partial charge on any atom is 0.235 e. The van der Waals surface area contributed by atoms with Crippen LogP contribution in [0.25, 0.3) is 0 Å². The van der Waals surface area contributed by atoms with Crippen LogP contribution in [0.15, 0.2) is 22.7 Å². The third kappa shape index (κ3) is 3.46.